The molecule has 0 saturated carbocycles. The van der Waals surface area contributed by atoms with Gasteiger partial charge in [0.25, 0.3) is 0 Å². The third-order valence-electron chi connectivity index (χ3n) is 3.20. The lowest BCUT2D eigenvalue weighted by Crippen LogP contribution is -2.34. The molecule has 0 aliphatic heterocycles. The Morgan fingerprint density at radius 2 is 2.04 bits per heavy atom. The topological polar surface area (TPSA) is 92.3 Å². The van der Waals surface area contributed by atoms with Gasteiger partial charge in [-0.15, -0.1) is 10.2 Å². The summed E-state index contributed by atoms with van der Waals surface area (Å²) in [6.45, 7) is 1.80. The lowest BCUT2D eigenvalue weighted by atomic mass is 10.1. The van der Waals surface area contributed by atoms with Crippen LogP contribution in [-0.4, -0.2) is 48.7 Å². The number of likely N-dealkylation sites (N-methyl/N-ethyl adjacent to an activating group) is 1. The van der Waals surface area contributed by atoms with Crippen molar-refractivity contribution >= 4 is 44.2 Å². The molecule has 0 aliphatic carbocycles. The van der Waals surface area contributed by atoms with Gasteiger partial charge in [0, 0.05) is 12.8 Å². The summed E-state index contributed by atoms with van der Waals surface area (Å²) in [5.41, 5.74) is 2.44. The summed E-state index contributed by atoms with van der Waals surface area (Å²) >= 11 is 2.80. The molecular weight excluding hydrogens is 368 g/mol. The Morgan fingerprint density at radius 1 is 1.33 bits per heavy atom. The lowest BCUT2D eigenvalue weighted by molar-refractivity contribution is -0.116. The smallest absolute Gasteiger partial charge is 0.241 e. The number of hydrogen-bond donors (Lipinski definition) is 1. The highest BCUT2D eigenvalue weighted by Crippen LogP contribution is 2.29. The number of aromatic nitrogens is 2. The molecule has 24 heavy (non-hydrogen) atoms. The number of nitrogens with zero attached hydrogens (tertiary/aromatic N) is 3. The van der Waals surface area contributed by atoms with Crippen LogP contribution in [0.2, 0.25) is 0 Å². The fourth-order valence-corrected chi connectivity index (χ4v) is 3.90. The van der Waals surface area contributed by atoms with Gasteiger partial charge >= 0.3 is 0 Å². The number of nitrogens with one attached hydrogen (secondary N) is 1. The first kappa shape index (κ1) is 18.8. The second-order valence-corrected chi connectivity index (χ2v) is 9.44. The van der Waals surface area contributed by atoms with Crippen LogP contribution in [0.3, 0.4) is 0 Å². The highest BCUT2D eigenvalue weighted by atomic mass is 32.2. The van der Waals surface area contributed by atoms with Crippen molar-refractivity contribution in [3.05, 3.63) is 35.4 Å². The third-order valence-corrected chi connectivity index (χ3v) is 6.48. The number of aryl methyl sites for hydroxylation is 1. The summed E-state index contributed by atoms with van der Waals surface area (Å²) in [5, 5.41) is 10.9. The van der Waals surface area contributed by atoms with Crippen molar-refractivity contribution in [1.29, 1.82) is 0 Å². The Labute approximate surface area is 149 Å². The van der Waals surface area contributed by atoms with E-state index < -0.39 is 15.9 Å². The van der Waals surface area contributed by atoms with Gasteiger partial charge in [0.2, 0.25) is 21.1 Å². The van der Waals surface area contributed by atoms with Crippen molar-refractivity contribution in [2.24, 2.45) is 0 Å². The SMILES string of the molecule is Cc1ccccc1CSc1nnc(NC(=O)CN(C)S(C)(=O)=O)s1. The number of anilines is 1. The molecule has 10 heteroatoms. The van der Waals surface area contributed by atoms with Gasteiger partial charge < -0.3 is 0 Å². The van der Waals surface area contributed by atoms with Gasteiger partial charge in [-0.05, 0) is 18.1 Å². The first-order valence-corrected chi connectivity index (χ1v) is 10.6. The van der Waals surface area contributed by atoms with Crippen LogP contribution in [0.15, 0.2) is 28.6 Å². The number of benzene rings is 1. The van der Waals surface area contributed by atoms with Gasteiger partial charge in [0.15, 0.2) is 4.34 Å². The fraction of sp³-hybridized carbons (Fsp3) is 0.357. The Hall–Kier alpha value is -1.49. The van der Waals surface area contributed by atoms with Crippen LogP contribution in [0.4, 0.5) is 5.13 Å². The van der Waals surface area contributed by atoms with Crippen LogP contribution < -0.4 is 5.32 Å². The number of carbonyl (C=O) groups is 1. The molecule has 0 aliphatic rings. The van der Waals surface area contributed by atoms with E-state index >= 15 is 0 Å². The number of thioether (sulfide) groups is 1. The summed E-state index contributed by atoms with van der Waals surface area (Å²) < 4.78 is 24.3. The van der Waals surface area contributed by atoms with Gasteiger partial charge in [-0.25, -0.2) is 8.42 Å². The summed E-state index contributed by atoms with van der Waals surface area (Å²) in [4.78, 5) is 11.8. The zero-order valence-electron chi connectivity index (χ0n) is 13.5. The molecule has 130 valence electrons. The molecule has 1 amide bonds. The second-order valence-electron chi connectivity index (χ2n) is 5.16. The molecule has 0 fully saturated rings. The number of amides is 1. The van der Waals surface area contributed by atoms with Crippen LogP contribution in [0.25, 0.3) is 0 Å². The third kappa shape index (κ3) is 5.55. The van der Waals surface area contributed by atoms with E-state index in [1.807, 2.05) is 12.1 Å². The molecule has 1 aromatic heterocycles. The van der Waals surface area contributed by atoms with E-state index in [1.54, 1.807) is 11.8 Å². The molecule has 0 saturated heterocycles. The minimum atomic E-state index is -3.39. The van der Waals surface area contributed by atoms with Gasteiger partial charge in [-0.3, -0.25) is 10.1 Å². The van der Waals surface area contributed by atoms with Gasteiger partial charge in [0.1, 0.15) is 0 Å². The lowest BCUT2D eigenvalue weighted by Gasteiger charge is -2.12. The van der Waals surface area contributed by atoms with Gasteiger partial charge in [-0.1, -0.05) is 47.4 Å². The van der Waals surface area contributed by atoms with E-state index in [0.29, 0.717) is 5.13 Å². The normalized spacial score (nSPS) is 11.7. The second kappa shape index (κ2) is 8.06. The maximum Gasteiger partial charge on any atom is 0.241 e. The summed E-state index contributed by atoms with van der Waals surface area (Å²) in [6.07, 6.45) is 1.05. The van der Waals surface area contributed by atoms with Crippen LogP contribution in [0.1, 0.15) is 11.1 Å². The number of carbonyl (C=O) groups excluding carboxylic acids is 1. The molecular formula is C14H18N4O3S3. The molecule has 1 heterocycles. The quantitative estimate of drug-likeness (QED) is 0.578. The molecule has 2 aromatic rings. The predicted molar refractivity (Wildman–Crippen MR) is 96.8 cm³/mol. The van der Waals surface area contributed by atoms with Crippen LogP contribution >= 0.6 is 23.1 Å². The Bertz CT molecular complexity index is 820. The van der Waals surface area contributed by atoms with Crippen molar-refractivity contribution in [2.45, 2.75) is 17.0 Å². The van der Waals surface area contributed by atoms with E-state index in [9.17, 15) is 13.2 Å². The maximum absolute atomic E-state index is 11.8. The monoisotopic (exact) mass is 386 g/mol. The summed E-state index contributed by atoms with van der Waals surface area (Å²) in [7, 11) is -2.05. The molecule has 0 radical (unpaired) electrons. The molecule has 7 nitrogen and oxygen atoms in total. The zero-order valence-corrected chi connectivity index (χ0v) is 16.0. The van der Waals surface area contributed by atoms with Crippen molar-refractivity contribution in [1.82, 2.24) is 14.5 Å². The molecule has 0 atom stereocenters. The van der Waals surface area contributed by atoms with Crippen molar-refractivity contribution in [3.63, 3.8) is 0 Å². The number of rotatable bonds is 7. The summed E-state index contributed by atoms with van der Waals surface area (Å²) in [6, 6.07) is 8.11. The minimum absolute atomic E-state index is 0.260. The average Bonchev–Trinajstić information content (AvgIpc) is 2.92. The highest BCUT2D eigenvalue weighted by molar-refractivity contribution is 8.00. The Kier molecular flexibility index (Phi) is 6.33. The van der Waals surface area contributed by atoms with E-state index in [4.69, 9.17) is 0 Å². The van der Waals surface area contributed by atoms with E-state index in [-0.39, 0.29) is 6.54 Å². The first-order valence-electron chi connectivity index (χ1n) is 6.97. The highest BCUT2D eigenvalue weighted by Gasteiger charge is 2.16. The number of sulfonamides is 1. The van der Waals surface area contributed by atoms with E-state index in [0.717, 1.165) is 20.7 Å². The van der Waals surface area contributed by atoms with Crippen LogP contribution in [-0.2, 0) is 20.6 Å². The van der Waals surface area contributed by atoms with Crippen LogP contribution in [0.5, 0.6) is 0 Å². The first-order chi connectivity index (χ1) is 11.3. The molecule has 1 N–H and O–H groups in total. The van der Waals surface area contributed by atoms with Gasteiger partial charge in [0.05, 0.1) is 12.8 Å². The maximum atomic E-state index is 11.8. The van der Waals surface area contributed by atoms with Crippen molar-refractivity contribution in [2.75, 3.05) is 25.2 Å². The molecule has 0 spiro atoms. The van der Waals surface area contributed by atoms with Gasteiger partial charge in [-0.2, -0.15) is 4.31 Å². The zero-order chi connectivity index (χ0) is 17.7. The minimum Gasteiger partial charge on any atom is -0.299 e. The number of hydrogen-bond acceptors (Lipinski definition) is 7. The predicted octanol–water partition coefficient (Wildman–Crippen LogP) is 1.97. The molecule has 2 rings (SSSR count). The van der Waals surface area contributed by atoms with Crippen LogP contribution in [0, 0.1) is 6.92 Å². The van der Waals surface area contributed by atoms with E-state index in [1.165, 1.54) is 29.5 Å². The molecule has 0 bridgehead atoms. The average molecular weight is 387 g/mol. The standard InChI is InChI=1S/C14H18N4O3S3/c1-10-6-4-5-7-11(10)9-22-14-17-16-13(23-14)15-12(19)8-18(2)24(3,20)21/h4-7H,8-9H2,1-3H3,(H,15,16,19). The van der Waals surface area contributed by atoms with Crippen molar-refractivity contribution in [3.8, 4) is 0 Å². The Balaban J connectivity index is 1.89. The van der Waals surface area contributed by atoms with Crippen molar-refractivity contribution < 1.29 is 13.2 Å². The molecule has 0 unspecified atom stereocenters. The largest absolute Gasteiger partial charge is 0.299 e. The fourth-order valence-electron chi connectivity index (χ4n) is 1.71. The Morgan fingerprint density at radius 3 is 2.71 bits per heavy atom. The molecule has 1 aromatic carbocycles. The summed E-state index contributed by atoms with van der Waals surface area (Å²) in [5.74, 6) is 0.320. The van der Waals surface area contributed by atoms with E-state index in [2.05, 4.69) is 34.6 Å².